The van der Waals surface area contributed by atoms with Crippen molar-refractivity contribution in [1.29, 1.82) is 0 Å². The van der Waals surface area contributed by atoms with Crippen molar-refractivity contribution in [3.63, 3.8) is 0 Å². The molecule has 0 aliphatic carbocycles. The lowest BCUT2D eigenvalue weighted by Crippen LogP contribution is -2.34. The lowest BCUT2D eigenvalue weighted by atomic mass is 10.0. The summed E-state index contributed by atoms with van der Waals surface area (Å²) in [6, 6.07) is 0. The van der Waals surface area contributed by atoms with Gasteiger partial charge in [0.15, 0.2) is 0 Å². The number of carbonyl (C=O) groups excluding carboxylic acids is 1. The van der Waals surface area contributed by atoms with Gasteiger partial charge in [-0.2, -0.15) is 0 Å². The third-order valence-corrected chi connectivity index (χ3v) is 4.32. The Kier molecular flexibility index (Phi) is 15.4. The predicted molar refractivity (Wildman–Crippen MR) is 117 cm³/mol. The normalized spacial score (nSPS) is 13.5. The van der Waals surface area contributed by atoms with Gasteiger partial charge in [-0.15, -0.1) is 0 Å². The second-order valence-electron chi connectivity index (χ2n) is 8.84. The maximum absolute atomic E-state index is 12.0. The number of rotatable bonds is 16. The largest absolute Gasteiger partial charge is 0.384 e. The van der Waals surface area contributed by atoms with E-state index >= 15 is 0 Å². The molecular weight excluding hydrogens is 336 g/mol. The van der Waals surface area contributed by atoms with Gasteiger partial charge in [0.2, 0.25) is 5.91 Å². The van der Waals surface area contributed by atoms with E-state index < -0.39 is 0 Å². The van der Waals surface area contributed by atoms with Crippen LogP contribution in [0.25, 0.3) is 0 Å². The van der Waals surface area contributed by atoms with Crippen molar-refractivity contribution in [2.24, 2.45) is 5.92 Å². The highest BCUT2D eigenvalue weighted by Crippen LogP contribution is 2.10. The molecule has 0 aromatic rings. The van der Waals surface area contributed by atoms with Gasteiger partial charge >= 0.3 is 0 Å². The van der Waals surface area contributed by atoms with E-state index in [1.807, 2.05) is 0 Å². The molecule has 1 atom stereocenters. The molecule has 0 radical (unpaired) electrons. The van der Waals surface area contributed by atoms with Crippen LogP contribution in [0.4, 0.5) is 0 Å². The smallest absolute Gasteiger partial charge is 0.220 e. The van der Waals surface area contributed by atoms with Gasteiger partial charge in [-0.1, -0.05) is 64.9 Å². The topological polar surface area (TPSA) is 50.4 Å². The van der Waals surface area contributed by atoms with Crippen molar-refractivity contribution < 1.29 is 9.53 Å². The SMILES string of the molecule is CCCCCCCCCCOCCNC(=O)CC(C)/C=C(\C)NC(C)(C)C. The van der Waals surface area contributed by atoms with Crippen molar-refractivity contribution >= 4 is 5.91 Å². The molecule has 0 saturated heterocycles. The third-order valence-electron chi connectivity index (χ3n) is 4.32. The molecule has 0 rings (SSSR count). The summed E-state index contributed by atoms with van der Waals surface area (Å²) in [5.41, 5.74) is 1.17. The summed E-state index contributed by atoms with van der Waals surface area (Å²) in [6.07, 6.45) is 13.1. The van der Waals surface area contributed by atoms with E-state index in [-0.39, 0.29) is 17.4 Å². The molecule has 160 valence electrons. The van der Waals surface area contributed by atoms with Crippen LogP contribution in [0.2, 0.25) is 0 Å². The Hall–Kier alpha value is -1.03. The molecule has 2 N–H and O–H groups in total. The Morgan fingerprint density at radius 1 is 1.00 bits per heavy atom. The maximum Gasteiger partial charge on any atom is 0.220 e. The molecule has 4 nitrogen and oxygen atoms in total. The van der Waals surface area contributed by atoms with E-state index in [0.29, 0.717) is 19.6 Å². The van der Waals surface area contributed by atoms with E-state index in [1.54, 1.807) is 0 Å². The van der Waals surface area contributed by atoms with E-state index in [0.717, 1.165) is 18.7 Å². The number of carbonyl (C=O) groups is 1. The molecule has 0 aliphatic heterocycles. The Morgan fingerprint density at radius 2 is 1.59 bits per heavy atom. The van der Waals surface area contributed by atoms with Gasteiger partial charge in [0.05, 0.1) is 6.61 Å². The number of nitrogens with one attached hydrogen (secondary N) is 2. The highest BCUT2D eigenvalue weighted by atomic mass is 16.5. The number of hydrogen-bond donors (Lipinski definition) is 2. The van der Waals surface area contributed by atoms with Crippen molar-refractivity contribution in [2.75, 3.05) is 19.8 Å². The average molecular weight is 383 g/mol. The van der Waals surface area contributed by atoms with Crippen LogP contribution >= 0.6 is 0 Å². The zero-order chi connectivity index (χ0) is 20.5. The molecule has 1 amide bonds. The molecule has 0 aromatic heterocycles. The van der Waals surface area contributed by atoms with Crippen LogP contribution < -0.4 is 10.6 Å². The summed E-state index contributed by atoms with van der Waals surface area (Å²) < 4.78 is 5.62. The minimum Gasteiger partial charge on any atom is -0.384 e. The molecule has 0 saturated carbocycles. The monoisotopic (exact) mass is 382 g/mol. The zero-order valence-corrected chi connectivity index (χ0v) is 19.0. The standard InChI is InChI=1S/C23H46N2O2/c1-7-8-9-10-11-12-13-14-16-27-17-15-24-22(26)19-20(2)18-21(3)25-23(4,5)6/h18,20,25H,7-17,19H2,1-6H3,(H,24,26)/b21-18+. The van der Waals surface area contributed by atoms with Crippen LogP contribution in [0.5, 0.6) is 0 Å². The van der Waals surface area contributed by atoms with Crippen molar-refractivity contribution in [2.45, 2.75) is 105 Å². The summed E-state index contributed by atoms with van der Waals surface area (Å²) in [6.45, 7) is 14.8. The van der Waals surface area contributed by atoms with Crippen LogP contribution in [0.1, 0.15) is 99.3 Å². The molecule has 27 heavy (non-hydrogen) atoms. The number of hydrogen-bond acceptors (Lipinski definition) is 3. The lowest BCUT2D eigenvalue weighted by molar-refractivity contribution is -0.121. The first kappa shape index (κ1) is 26.0. The van der Waals surface area contributed by atoms with Crippen molar-refractivity contribution in [3.05, 3.63) is 11.8 Å². The van der Waals surface area contributed by atoms with Gasteiger partial charge in [0.25, 0.3) is 0 Å². The Labute approximate surface area is 168 Å². The van der Waals surface area contributed by atoms with Crippen molar-refractivity contribution in [1.82, 2.24) is 10.6 Å². The zero-order valence-electron chi connectivity index (χ0n) is 19.0. The molecular formula is C23H46N2O2. The second-order valence-corrected chi connectivity index (χ2v) is 8.84. The van der Waals surface area contributed by atoms with Crippen LogP contribution in [0, 0.1) is 5.92 Å². The number of ether oxygens (including phenoxy) is 1. The van der Waals surface area contributed by atoms with Gasteiger partial charge < -0.3 is 15.4 Å². The second kappa shape index (κ2) is 16.0. The minimum atomic E-state index is 0.0505. The van der Waals surface area contributed by atoms with E-state index in [9.17, 15) is 4.79 Å². The molecule has 1 unspecified atom stereocenters. The van der Waals surface area contributed by atoms with Gasteiger partial charge in [0.1, 0.15) is 0 Å². The van der Waals surface area contributed by atoms with Crippen LogP contribution in [0.15, 0.2) is 11.8 Å². The van der Waals surface area contributed by atoms with Gasteiger partial charge in [-0.3, -0.25) is 4.79 Å². The first-order valence-corrected chi connectivity index (χ1v) is 11.1. The third kappa shape index (κ3) is 19.5. The highest BCUT2D eigenvalue weighted by molar-refractivity contribution is 5.76. The highest BCUT2D eigenvalue weighted by Gasteiger charge is 2.11. The fraction of sp³-hybridized carbons (Fsp3) is 0.870. The molecule has 0 bridgehead atoms. The molecule has 0 aromatic carbocycles. The van der Waals surface area contributed by atoms with Crippen LogP contribution in [-0.4, -0.2) is 31.2 Å². The Bertz CT molecular complexity index is 400. The molecule has 0 heterocycles. The van der Waals surface area contributed by atoms with E-state index in [4.69, 9.17) is 4.74 Å². The van der Waals surface area contributed by atoms with Gasteiger partial charge in [0, 0.05) is 30.8 Å². The number of allylic oxidation sites excluding steroid dienone is 2. The Balaban J connectivity index is 3.57. The van der Waals surface area contributed by atoms with Crippen LogP contribution in [-0.2, 0) is 9.53 Å². The molecule has 4 heteroatoms. The quantitative estimate of drug-likeness (QED) is 0.343. The van der Waals surface area contributed by atoms with Crippen LogP contribution in [0.3, 0.4) is 0 Å². The number of unbranched alkanes of at least 4 members (excludes halogenated alkanes) is 7. The fourth-order valence-corrected chi connectivity index (χ4v) is 3.19. The maximum atomic E-state index is 12.0. The van der Waals surface area contributed by atoms with E-state index in [1.165, 1.54) is 44.9 Å². The number of amides is 1. The summed E-state index contributed by atoms with van der Waals surface area (Å²) in [5.74, 6) is 0.316. The molecule has 0 spiro atoms. The lowest BCUT2D eigenvalue weighted by Gasteiger charge is -2.23. The van der Waals surface area contributed by atoms with E-state index in [2.05, 4.69) is 58.3 Å². The summed E-state index contributed by atoms with van der Waals surface area (Å²) in [5, 5.41) is 6.38. The average Bonchev–Trinajstić information content (AvgIpc) is 2.53. The van der Waals surface area contributed by atoms with Crippen molar-refractivity contribution in [3.8, 4) is 0 Å². The van der Waals surface area contributed by atoms with Gasteiger partial charge in [-0.25, -0.2) is 0 Å². The van der Waals surface area contributed by atoms with Gasteiger partial charge in [-0.05, 0) is 40.0 Å². The predicted octanol–water partition coefficient (Wildman–Crippen LogP) is 5.58. The first-order chi connectivity index (χ1) is 12.7. The molecule has 0 aliphatic rings. The summed E-state index contributed by atoms with van der Waals surface area (Å²) in [4.78, 5) is 12.0. The minimum absolute atomic E-state index is 0.0505. The first-order valence-electron chi connectivity index (χ1n) is 11.1. The summed E-state index contributed by atoms with van der Waals surface area (Å²) in [7, 11) is 0. The fourth-order valence-electron chi connectivity index (χ4n) is 3.19. The molecule has 0 fully saturated rings. The Morgan fingerprint density at radius 3 is 2.19 bits per heavy atom. The summed E-state index contributed by atoms with van der Waals surface area (Å²) >= 11 is 0.